The summed E-state index contributed by atoms with van der Waals surface area (Å²) in [6.45, 7) is 9.16. The number of aromatic nitrogens is 2. The zero-order valence-corrected chi connectivity index (χ0v) is 13.0. The lowest BCUT2D eigenvalue weighted by Gasteiger charge is -2.20. The van der Waals surface area contributed by atoms with Crippen LogP contribution in [0.4, 0.5) is 0 Å². The van der Waals surface area contributed by atoms with Crippen LogP contribution in [-0.2, 0) is 4.74 Å². The number of nitrogens with zero attached hydrogens (tertiary/aromatic N) is 2. The Morgan fingerprint density at radius 1 is 1.33 bits per heavy atom. The van der Waals surface area contributed by atoms with E-state index in [2.05, 4.69) is 60.9 Å². The van der Waals surface area contributed by atoms with Crippen LogP contribution in [0.25, 0.3) is 0 Å². The molecule has 0 spiro atoms. The number of rotatable bonds is 3. The summed E-state index contributed by atoms with van der Waals surface area (Å²) in [6, 6.07) is 6.31. The molecular formula is C17H21N3O. The third kappa shape index (κ3) is 2.58. The highest BCUT2D eigenvalue weighted by molar-refractivity contribution is 5.97. The van der Waals surface area contributed by atoms with E-state index in [0.717, 1.165) is 17.2 Å². The second-order valence-electron chi connectivity index (χ2n) is 6.23. The van der Waals surface area contributed by atoms with E-state index in [1.54, 1.807) is 6.33 Å². The van der Waals surface area contributed by atoms with Gasteiger partial charge in [0.25, 0.3) is 0 Å². The number of H-pyrrole nitrogens is 1. The lowest BCUT2D eigenvalue weighted by Crippen LogP contribution is -2.24. The molecule has 1 atom stereocenters. The Hall–Kier alpha value is -2.10. The number of hydrogen-bond acceptors (Lipinski definition) is 3. The molecule has 1 unspecified atom stereocenters. The minimum atomic E-state index is -0.202. The van der Waals surface area contributed by atoms with Crippen LogP contribution in [0.5, 0.6) is 0 Å². The van der Waals surface area contributed by atoms with E-state index in [1.165, 1.54) is 11.1 Å². The Morgan fingerprint density at radius 3 is 2.76 bits per heavy atom. The molecule has 2 heterocycles. The molecule has 0 saturated heterocycles. The normalized spacial score (nSPS) is 18.2. The molecule has 1 aliphatic heterocycles. The molecule has 21 heavy (non-hydrogen) atoms. The average Bonchev–Trinajstić information content (AvgIpc) is 3.07. The van der Waals surface area contributed by atoms with E-state index >= 15 is 0 Å². The third-order valence-electron chi connectivity index (χ3n) is 4.03. The van der Waals surface area contributed by atoms with Gasteiger partial charge in [0.2, 0.25) is 5.90 Å². The van der Waals surface area contributed by atoms with Crippen LogP contribution >= 0.6 is 0 Å². The van der Waals surface area contributed by atoms with Crippen LogP contribution in [0, 0.1) is 6.92 Å². The van der Waals surface area contributed by atoms with Gasteiger partial charge in [0.1, 0.15) is 5.60 Å². The van der Waals surface area contributed by atoms with Crippen molar-refractivity contribution >= 4 is 5.90 Å². The van der Waals surface area contributed by atoms with Crippen molar-refractivity contribution in [3.8, 4) is 0 Å². The van der Waals surface area contributed by atoms with Crippen molar-refractivity contribution in [2.75, 3.05) is 6.54 Å². The summed E-state index contributed by atoms with van der Waals surface area (Å²) < 4.78 is 5.97. The van der Waals surface area contributed by atoms with E-state index in [1.807, 2.05) is 6.20 Å². The summed E-state index contributed by atoms with van der Waals surface area (Å²) in [5.74, 6) is 1.03. The molecule has 1 aliphatic rings. The van der Waals surface area contributed by atoms with Gasteiger partial charge in [0.15, 0.2) is 0 Å². The van der Waals surface area contributed by atoms with Crippen molar-refractivity contribution < 1.29 is 4.74 Å². The fraction of sp³-hybridized carbons (Fsp3) is 0.412. The van der Waals surface area contributed by atoms with E-state index in [9.17, 15) is 0 Å². The molecule has 0 radical (unpaired) electrons. The summed E-state index contributed by atoms with van der Waals surface area (Å²) in [4.78, 5) is 11.9. The molecule has 1 aromatic heterocycles. The summed E-state index contributed by atoms with van der Waals surface area (Å²) in [5.41, 5.74) is 4.49. The van der Waals surface area contributed by atoms with E-state index < -0.39 is 0 Å². The van der Waals surface area contributed by atoms with Gasteiger partial charge >= 0.3 is 0 Å². The van der Waals surface area contributed by atoms with Crippen LogP contribution in [-0.4, -0.2) is 28.0 Å². The zero-order valence-electron chi connectivity index (χ0n) is 13.0. The molecule has 1 aromatic carbocycles. The topological polar surface area (TPSA) is 50.3 Å². The lowest BCUT2D eigenvalue weighted by molar-refractivity contribution is 0.131. The fourth-order valence-corrected chi connectivity index (χ4v) is 2.75. The van der Waals surface area contributed by atoms with Gasteiger partial charge in [-0.3, -0.25) is 0 Å². The van der Waals surface area contributed by atoms with Gasteiger partial charge in [-0.15, -0.1) is 0 Å². The summed E-state index contributed by atoms with van der Waals surface area (Å²) in [6.07, 6.45) is 3.60. The first-order valence-electron chi connectivity index (χ1n) is 7.29. The number of imidazole rings is 1. The standard InChI is InChI=1S/C17H21N3O/c1-11-13(12(2)15-8-18-10-20-15)6-5-7-14(11)16-19-9-17(3,4)21-16/h5-8,10,12H,9H2,1-4H3,(H,18,20). The minimum Gasteiger partial charge on any atom is -0.469 e. The monoisotopic (exact) mass is 283 g/mol. The molecule has 0 aliphatic carbocycles. The predicted octanol–water partition coefficient (Wildman–Crippen LogP) is 3.43. The number of ether oxygens (including phenoxy) is 1. The summed E-state index contributed by atoms with van der Waals surface area (Å²) in [7, 11) is 0. The molecule has 2 aromatic rings. The number of aromatic amines is 1. The Labute approximate surface area is 125 Å². The van der Waals surface area contributed by atoms with E-state index in [-0.39, 0.29) is 11.5 Å². The number of hydrogen-bond donors (Lipinski definition) is 1. The first-order valence-corrected chi connectivity index (χ1v) is 7.29. The summed E-state index contributed by atoms with van der Waals surface area (Å²) >= 11 is 0. The van der Waals surface area contributed by atoms with Crippen molar-refractivity contribution in [3.05, 3.63) is 53.1 Å². The van der Waals surface area contributed by atoms with Crippen LogP contribution in [0.1, 0.15) is 49.1 Å². The third-order valence-corrected chi connectivity index (χ3v) is 4.03. The second-order valence-corrected chi connectivity index (χ2v) is 6.23. The largest absolute Gasteiger partial charge is 0.469 e. The Bertz CT molecular complexity index is 671. The second kappa shape index (κ2) is 5.02. The molecule has 4 nitrogen and oxygen atoms in total. The minimum absolute atomic E-state index is 0.202. The predicted molar refractivity (Wildman–Crippen MR) is 83.9 cm³/mol. The van der Waals surface area contributed by atoms with E-state index in [0.29, 0.717) is 6.54 Å². The molecule has 1 N–H and O–H groups in total. The van der Waals surface area contributed by atoms with E-state index in [4.69, 9.17) is 4.74 Å². The van der Waals surface area contributed by atoms with Gasteiger partial charge < -0.3 is 9.72 Å². The highest BCUT2D eigenvalue weighted by Gasteiger charge is 2.29. The molecule has 0 fully saturated rings. The number of benzene rings is 1. The van der Waals surface area contributed by atoms with Gasteiger partial charge in [-0.1, -0.05) is 19.1 Å². The van der Waals surface area contributed by atoms with Gasteiger partial charge in [0.05, 0.1) is 12.9 Å². The average molecular weight is 283 g/mol. The molecule has 0 saturated carbocycles. The number of nitrogens with one attached hydrogen (secondary N) is 1. The smallest absolute Gasteiger partial charge is 0.217 e. The Morgan fingerprint density at radius 2 is 2.14 bits per heavy atom. The maximum Gasteiger partial charge on any atom is 0.217 e. The SMILES string of the molecule is Cc1c(C2=NCC(C)(C)O2)cccc1C(C)c1cnc[nH]1. The van der Waals surface area contributed by atoms with Crippen LogP contribution < -0.4 is 0 Å². The van der Waals surface area contributed by atoms with Crippen molar-refractivity contribution in [2.24, 2.45) is 4.99 Å². The first kappa shape index (κ1) is 13.9. The lowest BCUT2D eigenvalue weighted by atomic mass is 9.91. The van der Waals surface area contributed by atoms with Gasteiger partial charge in [-0.2, -0.15) is 0 Å². The van der Waals surface area contributed by atoms with Crippen LogP contribution in [0.3, 0.4) is 0 Å². The van der Waals surface area contributed by atoms with Gasteiger partial charge in [0, 0.05) is 23.4 Å². The zero-order chi connectivity index (χ0) is 15.0. The molecule has 0 amide bonds. The highest BCUT2D eigenvalue weighted by atomic mass is 16.5. The number of aliphatic imine (C=N–C) groups is 1. The van der Waals surface area contributed by atoms with Crippen molar-refractivity contribution in [1.29, 1.82) is 0 Å². The molecule has 0 bridgehead atoms. The quantitative estimate of drug-likeness (QED) is 0.938. The van der Waals surface area contributed by atoms with Crippen molar-refractivity contribution in [1.82, 2.24) is 9.97 Å². The molecule has 110 valence electrons. The van der Waals surface area contributed by atoms with Crippen molar-refractivity contribution in [3.63, 3.8) is 0 Å². The van der Waals surface area contributed by atoms with Gasteiger partial charge in [-0.05, 0) is 38.0 Å². The molecule has 3 rings (SSSR count). The fourth-order valence-electron chi connectivity index (χ4n) is 2.75. The first-order chi connectivity index (χ1) is 9.98. The maximum atomic E-state index is 5.97. The van der Waals surface area contributed by atoms with Crippen LogP contribution in [0.15, 0.2) is 35.7 Å². The Balaban J connectivity index is 1.97. The molecular weight excluding hydrogens is 262 g/mol. The highest BCUT2D eigenvalue weighted by Crippen LogP contribution is 2.29. The van der Waals surface area contributed by atoms with Crippen molar-refractivity contribution in [2.45, 2.75) is 39.2 Å². The summed E-state index contributed by atoms with van der Waals surface area (Å²) in [5, 5.41) is 0. The van der Waals surface area contributed by atoms with Gasteiger partial charge in [-0.25, -0.2) is 9.98 Å². The molecule has 4 heteroatoms. The van der Waals surface area contributed by atoms with Crippen LogP contribution in [0.2, 0.25) is 0 Å². The maximum absolute atomic E-state index is 5.97. The Kier molecular flexibility index (Phi) is 3.32.